The van der Waals surface area contributed by atoms with Gasteiger partial charge in [-0.1, -0.05) is 54.6 Å². The minimum absolute atomic E-state index is 0.189. The number of hydrogen-bond acceptors (Lipinski definition) is 5. The van der Waals surface area contributed by atoms with Gasteiger partial charge in [-0.2, -0.15) is 10.1 Å². The van der Waals surface area contributed by atoms with E-state index in [2.05, 4.69) is 20.7 Å². The SMILES string of the molecule is CC1=C(C(=O)Nc2cccc(C)c2C)C(c2cccc(OCc3ccccc3)c2)n2ncnc2N1. The quantitative estimate of drug-likeness (QED) is 0.398. The molecule has 0 fully saturated rings. The second-order valence-corrected chi connectivity index (χ2v) is 8.64. The normalized spacial score (nSPS) is 14.8. The van der Waals surface area contributed by atoms with Gasteiger partial charge in [-0.15, -0.1) is 0 Å². The maximum Gasteiger partial charge on any atom is 0.255 e. The van der Waals surface area contributed by atoms with Crippen LogP contribution in [0, 0.1) is 13.8 Å². The number of aryl methyl sites for hydroxylation is 1. The van der Waals surface area contributed by atoms with Crippen molar-refractivity contribution in [3.63, 3.8) is 0 Å². The van der Waals surface area contributed by atoms with E-state index in [0.717, 1.165) is 39.4 Å². The lowest BCUT2D eigenvalue weighted by molar-refractivity contribution is -0.113. The summed E-state index contributed by atoms with van der Waals surface area (Å²) in [4.78, 5) is 18.0. The van der Waals surface area contributed by atoms with E-state index in [1.54, 1.807) is 4.68 Å². The average Bonchev–Trinajstić information content (AvgIpc) is 3.33. The van der Waals surface area contributed by atoms with Crippen molar-refractivity contribution in [3.05, 3.63) is 113 Å². The number of carbonyl (C=O) groups excluding carboxylic acids is 1. The van der Waals surface area contributed by atoms with Crippen LogP contribution in [0.1, 0.15) is 35.2 Å². The van der Waals surface area contributed by atoms with E-state index in [9.17, 15) is 4.79 Å². The fourth-order valence-corrected chi connectivity index (χ4v) is 4.28. The van der Waals surface area contributed by atoms with Gasteiger partial charge in [-0.25, -0.2) is 4.68 Å². The molecule has 0 spiro atoms. The standard InChI is InChI=1S/C28H27N5O2/c1-18-9-7-14-24(19(18)2)32-27(34)25-20(3)31-28-29-17-30-33(28)26(25)22-12-8-13-23(15-22)35-16-21-10-5-4-6-11-21/h4-15,17,26H,16H2,1-3H3,(H,32,34)(H,29,30,31). The van der Waals surface area contributed by atoms with Gasteiger partial charge in [0.25, 0.3) is 5.91 Å². The van der Waals surface area contributed by atoms with Gasteiger partial charge >= 0.3 is 0 Å². The summed E-state index contributed by atoms with van der Waals surface area (Å²) in [5.41, 5.74) is 6.22. The molecule has 1 aromatic heterocycles. The fraction of sp³-hybridized carbons (Fsp3) is 0.179. The lowest BCUT2D eigenvalue weighted by atomic mass is 9.94. The van der Waals surface area contributed by atoms with Crippen LogP contribution in [0.2, 0.25) is 0 Å². The van der Waals surface area contributed by atoms with Crippen LogP contribution >= 0.6 is 0 Å². The zero-order valence-corrected chi connectivity index (χ0v) is 19.9. The minimum atomic E-state index is -0.459. The van der Waals surface area contributed by atoms with Gasteiger partial charge in [0, 0.05) is 11.4 Å². The van der Waals surface area contributed by atoms with Gasteiger partial charge in [-0.3, -0.25) is 4.79 Å². The molecule has 7 heteroatoms. The van der Waals surface area contributed by atoms with E-state index in [0.29, 0.717) is 18.1 Å². The van der Waals surface area contributed by atoms with Gasteiger partial charge in [0.05, 0.1) is 5.57 Å². The van der Waals surface area contributed by atoms with Crippen molar-refractivity contribution in [3.8, 4) is 5.75 Å². The molecule has 1 atom stereocenters. The molecule has 35 heavy (non-hydrogen) atoms. The Morgan fingerprint density at radius 2 is 1.83 bits per heavy atom. The molecule has 0 aliphatic carbocycles. The van der Waals surface area contributed by atoms with Crippen LogP contribution in [-0.4, -0.2) is 20.7 Å². The molecule has 3 aromatic carbocycles. The number of hydrogen-bond donors (Lipinski definition) is 2. The highest BCUT2D eigenvalue weighted by molar-refractivity contribution is 6.06. The first-order valence-electron chi connectivity index (χ1n) is 11.5. The van der Waals surface area contributed by atoms with Gasteiger partial charge in [0.15, 0.2) is 0 Å². The van der Waals surface area contributed by atoms with Crippen LogP contribution in [0.3, 0.4) is 0 Å². The number of rotatable bonds is 6. The third-order valence-electron chi connectivity index (χ3n) is 6.31. The summed E-state index contributed by atoms with van der Waals surface area (Å²) in [5, 5.41) is 10.8. The topological polar surface area (TPSA) is 81.1 Å². The highest BCUT2D eigenvalue weighted by Crippen LogP contribution is 2.36. The molecule has 1 aliphatic heterocycles. The molecule has 7 nitrogen and oxygen atoms in total. The summed E-state index contributed by atoms with van der Waals surface area (Å²) < 4.78 is 7.80. The summed E-state index contributed by atoms with van der Waals surface area (Å²) >= 11 is 0. The number of fused-ring (bicyclic) bond motifs is 1. The van der Waals surface area contributed by atoms with E-state index >= 15 is 0 Å². The average molecular weight is 466 g/mol. The van der Waals surface area contributed by atoms with Crippen LogP contribution in [-0.2, 0) is 11.4 Å². The maximum atomic E-state index is 13.7. The maximum absolute atomic E-state index is 13.7. The number of ether oxygens (including phenoxy) is 1. The molecule has 1 unspecified atom stereocenters. The number of nitrogens with one attached hydrogen (secondary N) is 2. The first-order chi connectivity index (χ1) is 17.0. The molecule has 1 amide bonds. The van der Waals surface area contributed by atoms with E-state index in [1.807, 2.05) is 93.6 Å². The van der Waals surface area contributed by atoms with Crippen LogP contribution in [0.5, 0.6) is 5.75 Å². The molecule has 2 heterocycles. The lowest BCUT2D eigenvalue weighted by Gasteiger charge is -2.29. The Morgan fingerprint density at radius 1 is 1.03 bits per heavy atom. The van der Waals surface area contributed by atoms with Crippen LogP contribution in [0.15, 0.2) is 90.4 Å². The van der Waals surface area contributed by atoms with Crippen LogP contribution < -0.4 is 15.4 Å². The number of amides is 1. The number of carbonyl (C=O) groups is 1. The van der Waals surface area contributed by atoms with Crippen molar-refractivity contribution < 1.29 is 9.53 Å². The van der Waals surface area contributed by atoms with E-state index in [1.165, 1.54) is 6.33 Å². The molecule has 176 valence electrons. The first kappa shape index (κ1) is 22.4. The fourth-order valence-electron chi connectivity index (χ4n) is 4.28. The number of nitrogens with zero attached hydrogens (tertiary/aromatic N) is 3. The van der Waals surface area contributed by atoms with Crippen molar-refractivity contribution in [2.75, 3.05) is 10.6 Å². The van der Waals surface area contributed by atoms with Gasteiger partial charge in [0.1, 0.15) is 24.7 Å². The Bertz CT molecular complexity index is 1410. The molecular weight excluding hydrogens is 438 g/mol. The second kappa shape index (κ2) is 9.46. The Balaban J connectivity index is 1.48. The monoisotopic (exact) mass is 465 g/mol. The Kier molecular flexibility index (Phi) is 6.06. The van der Waals surface area contributed by atoms with Crippen molar-refractivity contribution in [2.45, 2.75) is 33.4 Å². The van der Waals surface area contributed by atoms with Gasteiger partial charge in [-0.05, 0) is 61.2 Å². The molecule has 2 N–H and O–H groups in total. The van der Waals surface area contributed by atoms with Gasteiger partial charge < -0.3 is 15.4 Å². The third kappa shape index (κ3) is 4.53. The molecule has 4 aromatic rings. The van der Waals surface area contributed by atoms with Crippen molar-refractivity contribution in [2.24, 2.45) is 0 Å². The van der Waals surface area contributed by atoms with E-state index in [-0.39, 0.29) is 5.91 Å². The summed E-state index contributed by atoms with van der Waals surface area (Å²) in [6, 6.07) is 23.2. The Labute approximate surface area is 204 Å². The first-order valence-corrected chi connectivity index (χ1v) is 11.5. The zero-order chi connectivity index (χ0) is 24.4. The summed E-state index contributed by atoms with van der Waals surface area (Å²) in [6.45, 7) is 6.38. The predicted molar refractivity (Wildman–Crippen MR) is 136 cm³/mol. The van der Waals surface area contributed by atoms with Crippen molar-refractivity contribution in [1.29, 1.82) is 0 Å². The molecule has 0 saturated heterocycles. The summed E-state index contributed by atoms with van der Waals surface area (Å²) in [6.07, 6.45) is 1.49. The molecule has 0 bridgehead atoms. The van der Waals surface area contributed by atoms with Gasteiger partial charge in [0.2, 0.25) is 5.95 Å². The van der Waals surface area contributed by atoms with E-state index in [4.69, 9.17) is 4.74 Å². The molecular formula is C28H27N5O2. The number of aromatic nitrogens is 3. The third-order valence-corrected chi connectivity index (χ3v) is 6.31. The van der Waals surface area contributed by atoms with Crippen molar-refractivity contribution in [1.82, 2.24) is 14.8 Å². The van der Waals surface area contributed by atoms with Crippen molar-refractivity contribution >= 4 is 17.5 Å². The highest BCUT2D eigenvalue weighted by Gasteiger charge is 2.33. The second-order valence-electron chi connectivity index (χ2n) is 8.64. The predicted octanol–water partition coefficient (Wildman–Crippen LogP) is 5.40. The largest absolute Gasteiger partial charge is 0.489 e. The lowest BCUT2D eigenvalue weighted by Crippen LogP contribution is -2.31. The molecule has 0 radical (unpaired) electrons. The number of benzene rings is 3. The van der Waals surface area contributed by atoms with E-state index < -0.39 is 6.04 Å². The Morgan fingerprint density at radius 3 is 2.66 bits per heavy atom. The zero-order valence-electron chi connectivity index (χ0n) is 19.9. The number of anilines is 2. The smallest absolute Gasteiger partial charge is 0.255 e. The minimum Gasteiger partial charge on any atom is -0.489 e. The molecule has 5 rings (SSSR count). The van der Waals surface area contributed by atoms with Crippen LogP contribution in [0.4, 0.5) is 11.6 Å². The number of allylic oxidation sites excluding steroid dienone is 1. The van der Waals surface area contributed by atoms with Crippen LogP contribution in [0.25, 0.3) is 0 Å². The molecule has 1 aliphatic rings. The highest BCUT2D eigenvalue weighted by atomic mass is 16.5. The summed E-state index contributed by atoms with van der Waals surface area (Å²) in [7, 11) is 0. The molecule has 0 saturated carbocycles. The Hall–Kier alpha value is -4.39. The summed E-state index contributed by atoms with van der Waals surface area (Å²) in [5.74, 6) is 1.12.